The number of guanidine groups is 1. The molecule has 116 valence electrons. The number of hydrogen-bond acceptors (Lipinski definition) is 2. The van der Waals surface area contributed by atoms with Gasteiger partial charge in [-0.2, -0.15) is 0 Å². The molecule has 0 radical (unpaired) electrons. The second-order valence-corrected chi connectivity index (χ2v) is 6.20. The summed E-state index contributed by atoms with van der Waals surface area (Å²) in [5.74, 6) is 1.47. The summed E-state index contributed by atoms with van der Waals surface area (Å²) in [6.07, 6.45) is 2.59. The Morgan fingerprint density at radius 3 is 2.76 bits per heavy atom. The van der Waals surface area contributed by atoms with Crippen molar-refractivity contribution < 1.29 is 4.74 Å². The standard InChI is InChI=1S/C17H27N3O/c1-12(2)16-14(5-4-10-21-16)11-19-17(18)20-15-8-6-13(3)7-9-15/h6-9,12,14,16H,4-5,10-11H2,1-3H3,(H3,18,19,20). The summed E-state index contributed by atoms with van der Waals surface area (Å²) in [6.45, 7) is 8.09. The molecule has 0 amide bonds. The van der Waals surface area contributed by atoms with Crippen molar-refractivity contribution in [3.8, 4) is 0 Å². The number of nitrogens with one attached hydrogen (secondary N) is 1. The van der Waals surface area contributed by atoms with E-state index in [1.807, 2.05) is 12.1 Å². The van der Waals surface area contributed by atoms with Gasteiger partial charge in [-0.1, -0.05) is 31.5 Å². The van der Waals surface area contributed by atoms with Gasteiger partial charge in [-0.15, -0.1) is 0 Å². The zero-order valence-corrected chi connectivity index (χ0v) is 13.3. The number of hydrogen-bond donors (Lipinski definition) is 2. The molecule has 2 rings (SSSR count). The molecule has 1 aliphatic rings. The molecular weight excluding hydrogens is 262 g/mol. The molecule has 1 fully saturated rings. The van der Waals surface area contributed by atoms with Crippen LogP contribution in [0.15, 0.2) is 29.3 Å². The van der Waals surface area contributed by atoms with Gasteiger partial charge in [0.1, 0.15) is 0 Å². The van der Waals surface area contributed by atoms with Gasteiger partial charge in [-0.25, -0.2) is 0 Å². The van der Waals surface area contributed by atoms with Gasteiger partial charge in [-0.3, -0.25) is 4.99 Å². The molecule has 1 aromatic rings. The van der Waals surface area contributed by atoms with Crippen LogP contribution in [-0.4, -0.2) is 25.2 Å². The summed E-state index contributed by atoms with van der Waals surface area (Å²) in [5.41, 5.74) is 8.19. The average Bonchev–Trinajstić information content (AvgIpc) is 2.48. The van der Waals surface area contributed by atoms with Crippen molar-refractivity contribution in [2.24, 2.45) is 22.6 Å². The Labute approximate surface area is 127 Å². The van der Waals surface area contributed by atoms with Crippen LogP contribution in [0.1, 0.15) is 32.3 Å². The molecule has 2 unspecified atom stereocenters. The van der Waals surface area contributed by atoms with Crippen molar-refractivity contribution in [3.05, 3.63) is 29.8 Å². The Kier molecular flexibility index (Phi) is 5.62. The van der Waals surface area contributed by atoms with Crippen LogP contribution in [0.2, 0.25) is 0 Å². The summed E-state index contributed by atoms with van der Waals surface area (Å²) in [6, 6.07) is 8.13. The van der Waals surface area contributed by atoms with E-state index in [2.05, 4.69) is 43.2 Å². The van der Waals surface area contributed by atoms with E-state index in [0.29, 0.717) is 23.9 Å². The lowest BCUT2D eigenvalue weighted by Crippen LogP contribution is -2.36. The Morgan fingerprint density at radius 1 is 1.38 bits per heavy atom. The highest BCUT2D eigenvalue weighted by Crippen LogP contribution is 2.26. The number of anilines is 1. The molecule has 2 atom stereocenters. The summed E-state index contributed by atoms with van der Waals surface area (Å²) < 4.78 is 5.89. The quantitative estimate of drug-likeness (QED) is 0.661. The Balaban J connectivity index is 1.91. The third-order valence-electron chi connectivity index (χ3n) is 3.97. The van der Waals surface area contributed by atoms with Crippen LogP contribution in [0.25, 0.3) is 0 Å². The van der Waals surface area contributed by atoms with Gasteiger partial charge in [0.2, 0.25) is 0 Å². The number of ether oxygens (including phenoxy) is 1. The lowest BCUT2D eigenvalue weighted by Gasteiger charge is -2.33. The minimum atomic E-state index is 0.301. The predicted octanol–water partition coefficient (Wildman–Crippen LogP) is 3.17. The Morgan fingerprint density at radius 2 is 2.10 bits per heavy atom. The van der Waals surface area contributed by atoms with E-state index in [1.165, 1.54) is 12.0 Å². The highest BCUT2D eigenvalue weighted by atomic mass is 16.5. The Bertz CT molecular complexity index is 467. The maximum atomic E-state index is 5.98. The van der Waals surface area contributed by atoms with Crippen molar-refractivity contribution in [3.63, 3.8) is 0 Å². The van der Waals surface area contributed by atoms with E-state index in [4.69, 9.17) is 10.5 Å². The SMILES string of the molecule is Cc1ccc(NC(N)=NCC2CCCOC2C(C)C)cc1. The first-order chi connectivity index (χ1) is 10.1. The predicted molar refractivity (Wildman–Crippen MR) is 88.6 cm³/mol. The normalized spacial score (nSPS) is 23.3. The van der Waals surface area contributed by atoms with E-state index < -0.39 is 0 Å². The lowest BCUT2D eigenvalue weighted by molar-refractivity contribution is -0.0491. The minimum absolute atomic E-state index is 0.301. The van der Waals surface area contributed by atoms with E-state index in [9.17, 15) is 0 Å². The van der Waals surface area contributed by atoms with Crippen LogP contribution in [0.3, 0.4) is 0 Å². The van der Waals surface area contributed by atoms with Gasteiger partial charge in [0, 0.05) is 24.8 Å². The summed E-state index contributed by atoms with van der Waals surface area (Å²) >= 11 is 0. The molecule has 3 N–H and O–H groups in total. The van der Waals surface area contributed by atoms with Crippen molar-refractivity contribution >= 4 is 11.6 Å². The van der Waals surface area contributed by atoms with Crippen LogP contribution in [-0.2, 0) is 4.74 Å². The van der Waals surface area contributed by atoms with Gasteiger partial charge >= 0.3 is 0 Å². The first-order valence-electron chi connectivity index (χ1n) is 7.81. The van der Waals surface area contributed by atoms with Crippen LogP contribution in [0, 0.1) is 18.8 Å². The number of rotatable bonds is 4. The third-order valence-corrected chi connectivity index (χ3v) is 3.97. The molecule has 21 heavy (non-hydrogen) atoms. The van der Waals surface area contributed by atoms with Gasteiger partial charge in [0.25, 0.3) is 0 Å². The van der Waals surface area contributed by atoms with E-state index >= 15 is 0 Å². The first kappa shape index (κ1) is 15.8. The highest BCUT2D eigenvalue weighted by Gasteiger charge is 2.28. The molecule has 4 nitrogen and oxygen atoms in total. The molecule has 1 saturated heterocycles. The number of aryl methyl sites for hydroxylation is 1. The van der Waals surface area contributed by atoms with Crippen LogP contribution >= 0.6 is 0 Å². The molecule has 1 aromatic carbocycles. The summed E-state index contributed by atoms with van der Waals surface area (Å²) in [4.78, 5) is 4.50. The maximum Gasteiger partial charge on any atom is 0.193 e. The number of benzene rings is 1. The van der Waals surface area contributed by atoms with Crippen molar-refractivity contribution in [1.82, 2.24) is 0 Å². The van der Waals surface area contributed by atoms with Crippen LogP contribution in [0.5, 0.6) is 0 Å². The zero-order chi connectivity index (χ0) is 15.2. The van der Waals surface area contributed by atoms with Crippen molar-refractivity contribution in [2.45, 2.75) is 39.7 Å². The van der Waals surface area contributed by atoms with Crippen molar-refractivity contribution in [2.75, 3.05) is 18.5 Å². The number of nitrogens with two attached hydrogens (primary N) is 1. The maximum absolute atomic E-state index is 5.98. The molecule has 1 heterocycles. The molecule has 0 spiro atoms. The second kappa shape index (κ2) is 7.46. The summed E-state index contributed by atoms with van der Waals surface area (Å²) in [5, 5.41) is 3.14. The fraction of sp³-hybridized carbons (Fsp3) is 0.588. The van der Waals surface area contributed by atoms with Crippen LogP contribution < -0.4 is 11.1 Å². The molecule has 0 aliphatic carbocycles. The number of aliphatic imine (C=N–C) groups is 1. The lowest BCUT2D eigenvalue weighted by atomic mass is 9.87. The first-order valence-corrected chi connectivity index (χ1v) is 7.81. The Hall–Kier alpha value is -1.55. The molecule has 0 bridgehead atoms. The third kappa shape index (κ3) is 4.74. The minimum Gasteiger partial charge on any atom is -0.378 e. The number of nitrogens with zero attached hydrogens (tertiary/aromatic N) is 1. The second-order valence-electron chi connectivity index (χ2n) is 6.20. The molecular formula is C17H27N3O. The van der Waals surface area contributed by atoms with E-state index in [-0.39, 0.29) is 0 Å². The van der Waals surface area contributed by atoms with E-state index in [0.717, 1.165) is 25.3 Å². The molecule has 4 heteroatoms. The fourth-order valence-corrected chi connectivity index (χ4v) is 2.84. The highest BCUT2D eigenvalue weighted by molar-refractivity contribution is 5.92. The molecule has 0 aromatic heterocycles. The summed E-state index contributed by atoms with van der Waals surface area (Å²) in [7, 11) is 0. The van der Waals surface area contributed by atoms with Gasteiger partial charge in [0.15, 0.2) is 5.96 Å². The largest absolute Gasteiger partial charge is 0.378 e. The molecule has 0 saturated carbocycles. The fourth-order valence-electron chi connectivity index (χ4n) is 2.84. The smallest absolute Gasteiger partial charge is 0.193 e. The van der Waals surface area contributed by atoms with Gasteiger partial charge in [0.05, 0.1) is 6.10 Å². The monoisotopic (exact) mass is 289 g/mol. The topological polar surface area (TPSA) is 59.6 Å². The van der Waals surface area contributed by atoms with Gasteiger partial charge in [-0.05, 0) is 37.8 Å². The van der Waals surface area contributed by atoms with E-state index in [1.54, 1.807) is 0 Å². The van der Waals surface area contributed by atoms with Gasteiger partial charge < -0.3 is 15.8 Å². The van der Waals surface area contributed by atoms with Crippen molar-refractivity contribution in [1.29, 1.82) is 0 Å². The van der Waals surface area contributed by atoms with Crippen LogP contribution in [0.4, 0.5) is 5.69 Å². The average molecular weight is 289 g/mol. The molecule has 1 aliphatic heterocycles. The zero-order valence-electron chi connectivity index (χ0n) is 13.3.